The van der Waals surface area contributed by atoms with Crippen LogP contribution in [0, 0.1) is 0 Å². The number of hydrogen-bond donors (Lipinski definition) is 0. The quantitative estimate of drug-likeness (QED) is 0.744. The molecule has 0 N–H and O–H groups in total. The van der Waals surface area contributed by atoms with Gasteiger partial charge in [0.1, 0.15) is 7.85 Å². The van der Waals surface area contributed by atoms with Gasteiger partial charge in [-0.05, 0) is 18.1 Å². The number of hydrogen-bond acceptors (Lipinski definition) is 2. The lowest BCUT2D eigenvalue weighted by molar-refractivity contribution is 0.266. The first-order chi connectivity index (χ1) is 7.22. The SMILES string of the molecule is [B]c1cnn(CCO[Si](C)(C)C(C)(C)C)c1. The van der Waals surface area contributed by atoms with E-state index in [0.29, 0.717) is 12.1 Å². The van der Waals surface area contributed by atoms with E-state index in [2.05, 4.69) is 39.0 Å². The maximum Gasteiger partial charge on any atom is 0.192 e. The summed E-state index contributed by atoms with van der Waals surface area (Å²) in [5, 5.41) is 4.38. The Labute approximate surface area is 101 Å². The second kappa shape index (κ2) is 4.75. The van der Waals surface area contributed by atoms with Gasteiger partial charge < -0.3 is 4.43 Å². The Morgan fingerprint density at radius 3 is 2.50 bits per heavy atom. The van der Waals surface area contributed by atoms with Crippen LogP contribution in [-0.4, -0.2) is 32.6 Å². The summed E-state index contributed by atoms with van der Waals surface area (Å²) in [7, 11) is 3.97. The zero-order valence-corrected chi connectivity index (χ0v) is 11.9. The molecule has 0 unspecified atom stereocenters. The molecule has 0 spiro atoms. The fraction of sp³-hybridized carbons (Fsp3) is 0.727. The molecular formula is C11H21BN2OSi. The molecular weight excluding hydrogens is 215 g/mol. The average molecular weight is 236 g/mol. The lowest BCUT2D eigenvalue weighted by Gasteiger charge is -2.36. The summed E-state index contributed by atoms with van der Waals surface area (Å²) in [6, 6.07) is 0. The van der Waals surface area contributed by atoms with E-state index in [4.69, 9.17) is 12.3 Å². The molecule has 0 saturated carbocycles. The first kappa shape index (κ1) is 13.5. The molecule has 5 heteroatoms. The zero-order chi connectivity index (χ0) is 12.4. The minimum Gasteiger partial charge on any atom is -0.415 e. The molecule has 0 saturated heterocycles. The number of aromatic nitrogens is 2. The summed E-state index contributed by atoms with van der Waals surface area (Å²) >= 11 is 0. The van der Waals surface area contributed by atoms with Crippen molar-refractivity contribution in [1.29, 1.82) is 0 Å². The second-order valence-corrected chi connectivity index (χ2v) is 10.5. The molecule has 1 aromatic heterocycles. The molecule has 3 nitrogen and oxygen atoms in total. The molecule has 2 radical (unpaired) electrons. The molecule has 88 valence electrons. The molecule has 0 amide bonds. The van der Waals surface area contributed by atoms with Gasteiger partial charge in [-0.25, -0.2) is 0 Å². The van der Waals surface area contributed by atoms with Crippen LogP contribution in [0.15, 0.2) is 12.4 Å². The van der Waals surface area contributed by atoms with Gasteiger partial charge in [0, 0.05) is 12.4 Å². The summed E-state index contributed by atoms with van der Waals surface area (Å²) in [5.74, 6) is 0. The highest BCUT2D eigenvalue weighted by molar-refractivity contribution is 6.74. The van der Waals surface area contributed by atoms with Crippen LogP contribution in [0.5, 0.6) is 0 Å². The number of rotatable bonds is 4. The molecule has 1 aromatic rings. The molecule has 16 heavy (non-hydrogen) atoms. The molecule has 1 heterocycles. The van der Waals surface area contributed by atoms with Gasteiger partial charge in [-0.2, -0.15) is 5.10 Å². The van der Waals surface area contributed by atoms with E-state index >= 15 is 0 Å². The van der Waals surface area contributed by atoms with E-state index in [1.54, 1.807) is 6.20 Å². The molecule has 0 atom stereocenters. The van der Waals surface area contributed by atoms with Crippen molar-refractivity contribution >= 4 is 21.6 Å². The fourth-order valence-corrected chi connectivity index (χ4v) is 2.15. The Hall–Kier alpha value is -0.548. The van der Waals surface area contributed by atoms with Crippen molar-refractivity contribution in [1.82, 2.24) is 9.78 Å². The Balaban J connectivity index is 2.41. The average Bonchev–Trinajstić information content (AvgIpc) is 2.49. The van der Waals surface area contributed by atoms with E-state index in [1.807, 2.05) is 10.9 Å². The lowest BCUT2D eigenvalue weighted by atomic mass is 10.0. The van der Waals surface area contributed by atoms with E-state index in [-0.39, 0.29) is 5.04 Å². The molecule has 0 bridgehead atoms. The van der Waals surface area contributed by atoms with Crippen molar-refractivity contribution < 1.29 is 4.43 Å². The third-order valence-corrected chi connectivity index (χ3v) is 7.78. The fourth-order valence-electron chi connectivity index (χ4n) is 1.11. The first-order valence-electron chi connectivity index (χ1n) is 5.64. The standard InChI is InChI=1S/C11H21BN2OSi/c1-11(2,3)16(4,5)15-7-6-14-9-10(12)8-13-14/h8-9H,6-7H2,1-5H3. The summed E-state index contributed by atoms with van der Waals surface area (Å²) in [6.45, 7) is 12.7. The van der Waals surface area contributed by atoms with Gasteiger partial charge >= 0.3 is 0 Å². The van der Waals surface area contributed by atoms with Crippen molar-refractivity contribution in [3.8, 4) is 0 Å². The van der Waals surface area contributed by atoms with Crippen molar-refractivity contribution in [2.24, 2.45) is 0 Å². The minimum atomic E-state index is -1.62. The third-order valence-electron chi connectivity index (χ3n) is 3.24. The van der Waals surface area contributed by atoms with Crippen LogP contribution in [0.3, 0.4) is 0 Å². The predicted octanol–water partition coefficient (Wildman–Crippen LogP) is 1.70. The normalized spacial score (nSPS) is 13.1. The second-order valence-electron chi connectivity index (χ2n) is 5.65. The maximum absolute atomic E-state index is 6.04. The maximum atomic E-state index is 6.04. The van der Waals surface area contributed by atoms with Crippen LogP contribution in [-0.2, 0) is 11.0 Å². The van der Waals surface area contributed by atoms with Crippen LogP contribution in [0.4, 0.5) is 0 Å². The van der Waals surface area contributed by atoms with Gasteiger partial charge in [-0.1, -0.05) is 26.2 Å². The summed E-state index contributed by atoms with van der Waals surface area (Å²) < 4.78 is 7.87. The highest BCUT2D eigenvalue weighted by Gasteiger charge is 2.36. The third kappa shape index (κ3) is 3.49. The van der Waals surface area contributed by atoms with Gasteiger partial charge in [-0.3, -0.25) is 4.68 Å². The summed E-state index contributed by atoms with van der Waals surface area (Å²) in [5.41, 5.74) is 0.701. The van der Waals surface area contributed by atoms with Gasteiger partial charge in [0.05, 0.1) is 13.2 Å². The van der Waals surface area contributed by atoms with Crippen LogP contribution < -0.4 is 5.46 Å². The van der Waals surface area contributed by atoms with Gasteiger partial charge in [-0.15, -0.1) is 0 Å². The Morgan fingerprint density at radius 2 is 2.06 bits per heavy atom. The van der Waals surface area contributed by atoms with Crippen LogP contribution in [0.1, 0.15) is 20.8 Å². The highest BCUT2D eigenvalue weighted by atomic mass is 28.4. The van der Waals surface area contributed by atoms with Crippen LogP contribution >= 0.6 is 0 Å². The van der Waals surface area contributed by atoms with Crippen LogP contribution in [0.25, 0.3) is 0 Å². The summed E-state index contributed by atoms with van der Waals surface area (Å²) in [4.78, 5) is 0. The topological polar surface area (TPSA) is 27.1 Å². The van der Waals surface area contributed by atoms with Gasteiger partial charge in [0.15, 0.2) is 8.32 Å². The van der Waals surface area contributed by atoms with Crippen molar-refractivity contribution in [2.75, 3.05) is 6.61 Å². The van der Waals surface area contributed by atoms with Gasteiger partial charge in [0.25, 0.3) is 0 Å². The summed E-state index contributed by atoms with van der Waals surface area (Å²) in [6.07, 6.45) is 3.49. The van der Waals surface area contributed by atoms with E-state index in [9.17, 15) is 0 Å². The molecule has 0 aliphatic carbocycles. The van der Waals surface area contributed by atoms with Gasteiger partial charge in [0.2, 0.25) is 0 Å². The molecule has 1 rings (SSSR count). The van der Waals surface area contributed by atoms with Crippen molar-refractivity contribution in [2.45, 2.75) is 45.4 Å². The Kier molecular flexibility index (Phi) is 4.02. The highest BCUT2D eigenvalue weighted by Crippen LogP contribution is 2.36. The molecule has 0 aromatic carbocycles. The zero-order valence-electron chi connectivity index (χ0n) is 10.9. The minimum absolute atomic E-state index is 0.260. The lowest BCUT2D eigenvalue weighted by Crippen LogP contribution is -2.41. The first-order valence-corrected chi connectivity index (χ1v) is 8.55. The largest absolute Gasteiger partial charge is 0.415 e. The smallest absolute Gasteiger partial charge is 0.192 e. The van der Waals surface area contributed by atoms with E-state index in [1.165, 1.54) is 0 Å². The monoisotopic (exact) mass is 236 g/mol. The number of nitrogens with zero attached hydrogens (tertiary/aromatic N) is 2. The van der Waals surface area contributed by atoms with Crippen molar-refractivity contribution in [3.63, 3.8) is 0 Å². The van der Waals surface area contributed by atoms with Crippen molar-refractivity contribution in [3.05, 3.63) is 12.4 Å². The predicted molar refractivity (Wildman–Crippen MR) is 70.8 cm³/mol. The van der Waals surface area contributed by atoms with E-state index in [0.717, 1.165) is 6.54 Å². The molecule has 0 aliphatic heterocycles. The van der Waals surface area contributed by atoms with Crippen LogP contribution in [0.2, 0.25) is 18.1 Å². The Morgan fingerprint density at radius 1 is 1.44 bits per heavy atom. The van der Waals surface area contributed by atoms with E-state index < -0.39 is 8.32 Å². The molecule has 0 fully saturated rings. The Bertz CT molecular complexity index is 344. The molecule has 0 aliphatic rings.